The number of benzene rings is 2. The summed E-state index contributed by atoms with van der Waals surface area (Å²) in [7, 11) is 0. The number of nitrogens with zero attached hydrogens (tertiary/aromatic N) is 3. The Hall–Kier alpha value is -3.59. The van der Waals surface area contributed by atoms with Crippen molar-refractivity contribution in [2.75, 3.05) is 18.0 Å². The first-order valence-corrected chi connectivity index (χ1v) is 11.0. The fourth-order valence-corrected chi connectivity index (χ4v) is 4.36. The number of hydrogen-bond acceptors (Lipinski definition) is 5. The van der Waals surface area contributed by atoms with Crippen molar-refractivity contribution in [3.05, 3.63) is 65.4 Å². The van der Waals surface area contributed by atoms with Crippen LogP contribution < -0.4 is 9.64 Å². The van der Waals surface area contributed by atoms with E-state index < -0.39 is 0 Å². The van der Waals surface area contributed by atoms with E-state index in [1.807, 2.05) is 38.1 Å². The zero-order valence-electron chi connectivity index (χ0n) is 18.7. The molecule has 6 heteroatoms. The highest BCUT2D eigenvalue weighted by Gasteiger charge is 2.43. The van der Waals surface area contributed by atoms with Gasteiger partial charge in [-0.05, 0) is 74.6 Å². The first kappa shape index (κ1) is 21.6. The molecule has 0 bridgehead atoms. The van der Waals surface area contributed by atoms with Crippen molar-refractivity contribution in [3.63, 3.8) is 0 Å². The number of nitriles is 1. The van der Waals surface area contributed by atoms with E-state index in [9.17, 15) is 9.59 Å². The van der Waals surface area contributed by atoms with Gasteiger partial charge < -0.3 is 9.64 Å². The number of anilines is 1. The number of likely N-dealkylation sites (tertiary alicyclic amines) is 1. The minimum absolute atomic E-state index is 0.0482. The van der Waals surface area contributed by atoms with Crippen molar-refractivity contribution >= 4 is 23.1 Å². The Balaban J connectivity index is 1.76. The zero-order valence-corrected chi connectivity index (χ0v) is 18.7. The maximum atomic E-state index is 13.6. The van der Waals surface area contributed by atoms with E-state index in [1.54, 1.807) is 24.3 Å². The minimum Gasteiger partial charge on any atom is -0.491 e. The highest BCUT2D eigenvalue weighted by atomic mass is 16.5. The summed E-state index contributed by atoms with van der Waals surface area (Å²) in [5, 5.41) is 9.08. The molecule has 0 spiro atoms. The van der Waals surface area contributed by atoms with Crippen LogP contribution in [0, 0.1) is 17.2 Å². The number of hydrogen-bond donors (Lipinski definition) is 0. The molecule has 32 heavy (non-hydrogen) atoms. The van der Waals surface area contributed by atoms with E-state index in [4.69, 9.17) is 10.00 Å². The molecule has 1 saturated heterocycles. The molecule has 2 amide bonds. The monoisotopic (exact) mass is 429 g/mol. The fourth-order valence-electron chi connectivity index (χ4n) is 4.36. The molecule has 2 heterocycles. The Morgan fingerprint density at radius 3 is 2.31 bits per heavy atom. The molecule has 6 nitrogen and oxygen atoms in total. The van der Waals surface area contributed by atoms with Crippen molar-refractivity contribution in [3.8, 4) is 11.8 Å². The molecule has 1 fully saturated rings. The lowest BCUT2D eigenvalue weighted by molar-refractivity contribution is -0.120. The third-order valence-corrected chi connectivity index (χ3v) is 5.80. The molecule has 0 aromatic heterocycles. The van der Waals surface area contributed by atoms with E-state index >= 15 is 0 Å². The van der Waals surface area contributed by atoms with Gasteiger partial charge in [-0.2, -0.15) is 5.26 Å². The topological polar surface area (TPSA) is 73.6 Å². The van der Waals surface area contributed by atoms with Crippen LogP contribution in [0.15, 0.2) is 54.2 Å². The summed E-state index contributed by atoms with van der Waals surface area (Å²) < 4.78 is 5.73. The lowest BCUT2D eigenvalue weighted by atomic mass is 9.97. The van der Waals surface area contributed by atoms with Crippen LogP contribution in [0.25, 0.3) is 5.57 Å². The smallest absolute Gasteiger partial charge is 0.282 e. The number of amides is 2. The molecule has 0 N–H and O–H groups in total. The first-order chi connectivity index (χ1) is 15.4. The van der Waals surface area contributed by atoms with Gasteiger partial charge in [-0.3, -0.25) is 9.59 Å². The second kappa shape index (κ2) is 8.88. The van der Waals surface area contributed by atoms with Crippen molar-refractivity contribution in [2.24, 2.45) is 5.92 Å². The van der Waals surface area contributed by atoms with Crippen molar-refractivity contribution in [2.45, 2.75) is 39.7 Å². The third-order valence-electron chi connectivity index (χ3n) is 5.80. The number of carbonyl (C=O) groups excluding carboxylic acids is 2. The zero-order chi connectivity index (χ0) is 22.8. The normalized spacial score (nSPS) is 19.0. The number of imide groups is 1. The highest BCUT2D eigenvalue weighted by molar-refractivity contribution is 6.45. The lowest BCUT2D eigenvalue weighted by Crippen LogP contribution is -2.39. The molecular weight excluding hydrogens is 402 g/mol. The van der Waals surface area contributed by atoms with Gasteiger partial charge in [0, 0.05) is 13.1 Å². The van der Waals surface area contributed by atoms with Gasteiger partial charge in [0.15, 0.2) is 0 Å². The second-order valence-corrected chi connectivity index (χ2v) is 8.71. The maximum Gasteiger partial charge on any atom is 0.282 e. The van der Waals surface area contributed by atoms with Gasteiger partial charge in [0.25, 0.3) is 11.8 Å². The molecule has 164 valence electrons. The number of piperidine rings is 1. The van der Waals surface area contributed by atoms with Crippen molar-refractivity contribution < 1.29 is 14.3 Å². The van der Waals surface area contributed by atoms with Crippen LogP contribution in [0.3, 0.4) is 0 Å². The van der Waals surface area contributed by atoms with E-state index in [0.29, 0.717) is 34.0 Å². The Morgan fingerprint density at radius 1 is 1.03 bits per heavy atom. The lowest BCUT2D eigenvalue weighted by Gasteiger charge is -2.33. The number of rotatable bonds is 5. The van der Waals surface area contributed by atoms with Gasteiger partial charge in [0.2, 0.25) is 0 Å². The van der Waals surface area contributed by atoms with Gasteiger partial charge in [-0.25, -0.2) is 4.90 Å². The minimum atomic E-state index is -0.342. The summed E-state index contributed by atoms with van der Waals surface area (Å²) in [6.07, 6.45) is 2.14. The molecule has 2 aliphatic heterocycles. The van der Waals surface area contributed by atoms with Crippen LogP contribution in [-0.4, -0.2) is 35.9 Å². The van der Waals surface area contributed by atoms with Crippen molar-refractivity contribution in [1.29, 1.82) is 5.26 Å². The third kappa shape index (κ3) is 4.11. The summed E-state index contributed by atoms with van der Waals surface area (Å²) in [6.45, 7) is 7.58. The van der Waals surface area contributed by atoms with Gasteiger partial charge in [0.05, 0.1) is 29.0 Å². The van der Waals surface area contributed by atoms with Gasteiger partial charge in [0.1, 0.15) is 11.4 Å². The molecule has 0 saturated carbocycles. The molecular formula is C26H27N3O3. The quantitative estimate of drug-likeness (QED) is 0.660. The summed E-state index contributed by atoms with van der Waals surface area (Å²) in [6, 6.07) is 15.9. The summed E-state index contributed by atoms with van der Waals surface area (Å²) >= 11 is 0. The number of carbonyl (C=O) groups is 2. The molecule has 0 radical (unpaired) electrons. The SMILES string of the molecule is CC1CCCN(C2=C(c3ccc(OC(C)C)cc3)C(=O)N(c3ccc(C#N)cc3)C2=O)C1. The van der Waals surface area contributed by atoms with E-state index in [0.717, 1.165) is 31.7 Å². The molecule has 2 aromatic rings. The molecule has 1 unspecified atom stereocenters. The van der Waals surface area contributed by atoms with Crippen LogP contribution in [0.5, 0.6) is 5.75 Å². The fraction of sp³-hybridized carbons (Fsp3) is 0.346. The molecule has 2 aromatic carbocycles. The maximum absolute atomic E-state index is 13.6. The Labute approximate surface area is 188 Å². The average molecular weight is 430 g/mol. The predicted octanol–water partition coefficient (Wildman–Crippen LogP) is 4.36. The Morgan fingerprint density at radius 2 is 1.72 bits per heavy atom. The average Bonchev–Trinajstić information content (AvgIpc) is 3.04. The Bertz CT molecular complexity index is 1090. The predicted molar refractivity (Wildman–Crippen MR) is 123 cm³/mol. The summed E-state index contributed by atoms with van der Waals surface area (Å²) in [5.74, 6) is 0.515. The van der Waals surface area contributed by atoms with Crippen molar-refractivity contribution in [1.82, 2.24) is 4.90 Å². The number of ether oxygens (including phenoxy) is 1. The van der Waals surface area contributed by atoms with Crippen LogP contribution in [-0.2, 0) is 9.59 Å². The summed E-state index contributed by atoms with van der Waals surface area (Å²) in [5.41, 5.74) is 2.53. The molecule has 1 atom stereocenters. The largest absolute Gasteiger partial charge is 0.491 e. The first-order valence-electron chi connectivity index (χ1n) is 11.0. The van der Waals surface area contributed by atoms with Crippen LogP contribution in [0.2, 0.25) is 0 Å². The standard InChI is InChI=1S/C26H27N3O3/c1-17(2)32-22-12-8-20(9-13-22)23-24(28-14-4-5-18(3)16-28)26(31)29(25(23)30)21-10-6-19(15-27)7-11-21/h6-13,17-18H,4-5,14,16H2,1-3H3. The van der Waals surface area contributed by atoms with Gasteiger partial charge in [-0.15, -0.1) is 0 Å². The van der Waals surface area contributed by atoms with Crippen LogP contribution in [0.1, 0.15) is 44.7 Å². The van der Waals surface area contributed by atoms with Gasteiger partial charge in [-0.1, -0.05) is 19.1 Å². The summed E-state index contributed by atoms with van der Waals surface area (Å²) in [4.78, 5) is 30.5. The Kier molecular flexibility index (Phi) is 6.00. The van der Waals surface area contributed by atoms with E-state index in [1.165, 1.54) is 4.90 Å². The van der Waals surface area contributed by atoms with Crippen LogP contribution in [0.4, 0.5) is 5.69 Å². The van der Waals surface area contributed by atoms with E-state index in [2.05, 4.69) is 17.9 Å². The molecule has 4 rings (SSSR count). The second-order valence-electron chi connectivity index (χ2n) is 8.71. The van der Waals surface area contributed by atoms with Crippen LogP contribution >= 0.6 is 0 Å². The molecule has 0 aliphatic carbocycles. The van der Waals surface area contributed by atoms with Gasteiger partial charge >= 0.3 is 0 Å². The molecule has 2 aliphatic rings. The highest BCUT2D eigenvalue weighted by Crippen LogP contribution is 2.37. The van der Waals surface area contributed by atoms with E-state index in [-0.39, 0.29) is 17.9 Å².